The molecule has 0 saturated heterocycles. The van der Waals surface area contributed by atoms with Gasteiger partial charge < -0.3 is 0 Å². The maximum Gasteiger partial charge on any atom is 0.138 e. The molecule has 138 valence electrons. The van der Waals surface area contributed by atoms with Crippen LogP contribution in [-0.2, 0) is 12.5 Å². The van der Waals surface area contributed by atoms with Crippen molar-refractivity contribution in [2.24, 2.45) is 7.05 Å². The largest absolute Gasteiger partial charge is 0.252 e. The first-order chi connectivity index (χ1) is 13.1. The van der Waals surface area contributed by atoms with Gasteiger partial charge in [-0.15, -0.1) is 5.10 Å². The Kier molecular flexibility index (Phi) is 3.60. The number of rotatable bonds is 2. The summed E-state index contributed by atoms with van der Waals surface area (Å²) in [5.74, 6) is -0.00625. The van der Waals surface area contributed by atoms with Crippen molar-refractivity contribution in [3.05, 3.63) is 59.3 Å². The molecule has 1 fully saturated rings. The first-order valence-electron chi connectivity index (χ1n) is 9.27. The van der Waals surface area contributed by atoms with Crippen LogP contribution >= 0.6 is 0 Å². The summed E-state index contributed by atoms with van der Waals surface area (Å²) in [6.07, 6.45) is 6.54. The number of hydrogen-bond donors (Lipinski definition) is 0. The number of hydrogen-bond acceptors (Lipinski definition) is 4. The predicted molar refractivity (Wildman–Crippen MR) is 95.0 cm³/mol. The highest BCUT2D eigenvalue weighted by Crippen LogP contribution is 2.53. The van der Waals surface area contributed by atoms with Gasteiger partial charge >= 0.3 is 0 Å². The van der Waals surface area contributed by atoms with Gasteiger partial charge in [0.15, 0.2) is 0 Å². The number of fused-ring (bicyclic) bond motifs is 3. The number of nitrogens with zero attached hydrogens (tertiary/aromatic N) is 5. The summed E-state index contributed by atoms with van der Waals surface area (Å²) < 4.78 is 30.3. The Morgan fingerprint density at radius 3 is 2.67 bits per heavy atom. The summed E-state index contributed by atoms with van der Waals surface area (Å²) in [5, 5.41) is 13.0. The van der Waals surface area contributed by atoms with Gasteiger partial charge in [0.2, 0.25) is 0 Å². The Labute approximate surface area is 155 Å². The van der Waals surface area contributed by atoms with Gasteiger partial charge in [-0.25, -0.2) is 13.8 Å². The number of benzene rings is 1. The molecule has 5 nitrogen and oxygen atoms in total. The Morgan fingerprint density at radius 1 is 1.11 bits per heavy atom. The molecule has 1 aromatic carbocycles. The molecule has 2 atom stereocenters. The number of aromatic nitrogens is 5. The van der Waals surface area contributed by atoms with E-state index in [0.29, 0.717) is 5.92 Å². The maximum absolute atomic E-state index is 14.3. The molecule has 2 aromatic heterocycles. The van der Waals surface area contributed by atoms with Gasteiger partial charge in [-0.2, -0.15) is 10.2 Å². The minimum atomic E-state index is -0.619. The third-order valence-electron chi connectivity index (χ3n) is 6.15. The highest BCUT2D eigenvalue weighted by atomic mass is 19.1. The van der Waals surface area contributed by atoms with E-state index in [1.165, 1.54) is 18.2 Å². The molecule has 1 saturated carbocycles. The third-order valence-corrected chi connectivity index (χ3v) is 6.15. The minimum Gasteiger partial charge on any atom is -0.252 e. The van der Waals surface area contributed by atoms with Crippen LogP contribution in [0.1, 0.15) is 55.1 Å². The topological polar surface area (TPSA) is 56.5 Å². The van der Waals surface area contributed by atoms with Gasteiger partial charge in [0, 0.05) is 7.05 Å². The van der Waals surface area contributed by atoms with Crippen LogP contribution < -0.4 is 0 Å². The summed E-state index contributed by atoms with van der Waals surface area (Å²) >= 11 is 0. The van der Waals surface area contributed by atoms with Crippen molar-refractivity contribution in [1.82, 2.24) is 25.0 Å². The van der Waals surface area contributed by atoms with Gasteiger partial charge in [0.1, 0.15) is 23.8 Å². The molecule has 3 aliphatic rings. The normalized spacial score (nSPS) is 23.9. The van der Waals surface area contributed by atoms with E-state index in [1.807, 2.05) is 17.8 Å². The lowest BCUT2D eigenvalue weighted by Gasteiger charge is -2.36. The average molecular weight is 367 g/mol. The van der Waals surface area contributed by atoms with Crippen molar-refractivity contribution in [3.8, 4) is 11.3 Å². The van der Waals surface area contributed by atoms with E-state index in [-0.39, 0.29) is 16.7 Å². The molecular formula is C20H19F2N5. The van der Waals surface area contributed by atoms with Gasteiger partial charge in [-0.3, -0.25) is 4.68 Å². The summed E-state index contributed by atoms with van der Waals surface area (Å²) in [4.78, 5) is 4.52. The first-order valence-corrected chi connectivity index (χ1v) is 9.27. The molecule has 3 aromatic rings. The van der Waals surface area contributed by atoms with Crippen molar-refractivity contribution >= 4 is 0 Å². The fraction of sp³-hybridized carbons (Fsp3) is 0.400. The third kappa shape index (κ3) is 2.33. The second-order valence-corrected chi connectivity index (χ2v) is 7.55. The van der Waals surface area contributed by atoms with E-state index in [0.717, 1.165) is 49.2 Å². The van der Waals surface area contributed by atoms with Crippen molar-refractivity contribution in [1.29, 1.82) is 0 Å². The summed E-state index contributed by atoms with van der Waals surface area (Å²) in [5.41, 5.74) is 1.76. The number of aryl methyl sites for hydroxylation is 1. The summed E-state index contributed by atoms with van der Waals surface area (Å²) in [7, 11) is 1.89. The molecule has 0 aliphatic heterocycles. The van der Waals surface area contributed by atoms with E-state index < -0.39 is 11.6 Å². The fourth-order valence-electron chi connectivity index (χ4n) is 4.90. The molecule has 27 heavy (non-hydrogen) atoms. The standard InChI is InChI=1S/C20H19F2N5/c1-27-19(23-11-24-27)20-8-3-4-12(7-9-20)13-10-16(25-26-18(13)20)17-14(21)5-2-6-15(17)22/h2,5-6,10-12H,3-4,7-9H2,1H3/t12-,20-/m0/s1. The van der Waals surface area contributed by atoms with Crippen molar-refractivity contribution in [3.63, 3.8) is 0 Å². The molecule has 0 N–H and O–H groups in total. The average Bonchev–Trinajstić information content (AvgIpc) is 2.90. The zero-order chi connectivity index (χ0) is 18.6. The van der Waals surface area contributed by atoms with Crippen LogP contribution in [0.3, 0.4) is 0 Å². The van der Waals surface area contributed by atoms with Crippen molar-refractivity contribution in [2.75, 3.05) is 0 Å². The van der Waals surface area contributed by atoms with Gasteiger partial charge in [0.25, 0.3) is 0 Å². The molecule has 2 bridgehead atoms. The molecule has 2 heterocycles. The van der Waals surface area contributed by atoms with Crippen LogP contribution in [-0.4, -0.2) is 25.0 Å². The van der Waals surface area contributed by atoms with Crippen LogP contribution in [0.4, 0.5) is 8.78 Å². The van der Waals surface area contributed by atoms with Crippen LogP contribution in [0.25, 0.3) is 11.3 Å². The maximum atomic E-state index is 14.3. The second kappa shape index (κ2) is 5.90. The Hall–Kier alpha value is -2.70. The predicted octanol–water partition coefficient (Wildman–Crippen LogP) is 3.90. The van der Waals surface area contributed by atoms with Gasteiger partial charge in [-0.05, 0) is 55.4 Å². The highest BCUT2D eigenvalue weighted by molar-refractivity contribution is 5.62. The number of halogens is 2. The Bertz CT molecular complexity index is 1010. The zero-order valence-corrected chi connectivity index (χ0v) is 15.0. The summed E-state index contributed by atoms with van der Waals surface area (Å²) in [6.45, 7) is 0. The van der Waals surface area contributed by atoms with E-state index in [9.17, 15) is 8.78 Å². The van der Waals surface area contributed by atoms with Crippen molar-refractivity contribution < 1.29 is 8.78 Å². The Morgan fingerprint density at radius 2 is 1.93 bits per heavy atom. The zero-order valence-electron chi connectivity index (χ0n) is 15.0. The molecule has 0 amide bonds. The van der Waals surface area contributed by atoms with Crippen molar-refractivity contribution in [2.45, 2.75) is 43.4 Å². The van der Waals surface area contributed by atoms with E-state index in [2.05, 4.69) is 20.3 Å². The lowest BCUT2D eigenvalue weighted by Crippen LogP contribution is -2.36. The molecule has 0 radical (unpaired) electrons. The minimum absolute atomic E-state index is 0.111. The van der Waals surface area contributed by atoms with Crippen LogP contribution in [0.5, 0.6) is 0 Å². The van der Waals surface area contributed by atoms with Crippen LogP contribution in [0.15, 0.2) is 30.6 Å². The lowest BCUT2D eigenvalue weighted by atomic mass is 9.69. The SMILES string of the molecule is Cn1ncnc1[C@@]12CCC[C@@H](CC1)c1cc(-c3c(F)cccc3F)nnc12. The quantitative estimate of drug-likeness (QED) is 0.689. The van der Waals surface area contributed by atoms with E-state index in [4.69, 9.17) is 0 Å². The summed E-state index contributed by atoms with van der Waals surface area (Å²) in [6, 6.07) is 5.69. The molecular weight excluding hydrogens is 348 g/mol. The molecule has 6 rings (SSSR count). The smallest absolute Gasteiger partial charge is 0.138 e. The molecule has 3 aliphatic carbocycles. The molecule has 0 spiro atoms. The lowest BCUT2D eigenvalue weighted by molar-refractivity contribution is 0.365. The van der Waals surface area contributed by atoms with Gasteiger partial charge in [-0.1, -0.05) is 12.5 Å². The van der Waals surface area contributed by atoms with Gasteiger partial charge in [0.05, 0.1) is 22.4 Å². The van der Waals surface area contributed by atoms with Crippen LogP contribution in [0.2, 0.25) is 0 Å². The highest BCUT2D eigenvalue weighted by Gasteiger charge is 2.48. The fourth-order valence-corrected chi connectivity index (χ4v) is 4.90. The molecule has 0 unspecified atom stereocenters. The monoisotopic (exact) mass is 367 g/mol. The second-order valence-electron chi connectivity index (χ2n) is 7.55. The van der Waals surface area contributed by atoms with E-state index in [1.54, 1.807) is 6.33 Å². The first kappa shape index (κ1) is 16.5. The molecule has 7 heteroatoms. The van der Waals surface area contributed by atoms with Crippen LogP contribution in [0, 0.1) is 11.6 Å². The van der Waals surface area contributed by atoms with E-state index >= 15 is 0 Å². The Balaban J connectivity index is 1.72.